The molecular weight excluding hydrogens is 258 g/mol. The van der Waals surface area contributed by atoms with Crippen molar-refractivity contribution in [3.8, 4) is 5.75 Å². The number of benzene rings is 1. The van der Waals surface area contributed by atoms with Crippen LogP contribution in [0, 0.1) is 0 Å². The Bertz CT molecular complexity index is 638. The summed E-state index contributed by atoms with van der Waals surface area (Å²) in [7, 11) is 1.51. The van der Waals surface area contributed by atoms with Gasteiger partial charge in [-0.2, -0.15) is 5.10 Å². The van der Waals surface area contributed by atoms with Gasteiger partial charge < -0.3 is 10.1 Å². The molecule has 1 N–H and O–H groups in total. The van der Waals surface area contributed by atoms with E-state index in [0.717, 1.165) is 5.75 Å². The van der Waals surface area contributed by atoms with E-state index in [0.29, 0.717) is 6.61 Å². The number of carbonyl (C=O) groups excluding carboxylic acids is 1. The third kappa shape index (κ3) is 3.44. The monoisotopic (exact) mass is 273 g/mol. The van der Waals surface area contributed by atoms with Gasteiger partial charge in [-0.3, -0.25) is 9.59 Å². The van der Waals surface area contributed by atoms with E-state index in [1.54, 1.807) is 0 Å². The Kier molecular flexibility index (Phi) is 4.49. The van der Waals surface area contributed by atoms with Gasteiger partial charge >= 0.3 is 0 Å². The molecule has 6 heteroatoms. The molecule has 6 nitrogen and oxygen atoms in total. The first-order chi connectivity index (χ1) is 9.70. The van der Waals surface area contributed by atoms with Crippen LogP contribution >= 0.6 is 0 Å². The largest absolute Gasteiger partial charge is 0.492 e. The minimum Gasteiger partial charge on any atom is -0.492 e. The maximum absolute atomic E-state index is 11.6. The molecule has 104 valence electrons. The van der Waals surface area contributed by atoms with Gasteiger partial charge in [-0.1, -0.05) is 18.2 Å². The molecule has 0 radical (unpaired) electrons. The molecule has 0 spiro atoms. The van der Waals surface area contributed by atoms with Crippen LogP contribution in [0.25, 0.3) is 0 Å². The van der Waals surface area contributed by atoms with Crippen LogP contribution in [0.2, 0.25) is 0 Å². The molecule has 1 aromatic carbocycles. The molecule has 0 saturated heterocycles. The molecule has 0 saturated carbocycles. The zero-order chi connectivity index (χ0) is 14.4. The molecule has 20 heavy (non-hydrogen) atoms. The Morgan fingerprint density at radius 1 is 1.25 bits per heavy atom. The van der Waals surface area contributed by atoms with Crippen LogP contribution in [0.4, 0.5) is 0 Å². The Morgan fingerprint density at radius 3 is 2.70 bits per heavy atom. The average molecular weight is 273 g/mol. The number of rotatable bonds is 5. The van der Waals surface area contributed by atoms with Gasteiger partial charge in [-0.25, -0.2) is 4.68 Å². The van der Waals surface area contributed by atoms with Gasteiger partial charge in [-0.15, -0.1) is 0 Å². The fourth-order valence-electron chi connectivity index (χ4n) is 1.62. The predicted molar refractivity (Wildman–Crippen MR) is 73.8 cm³/mol. The summed E-state index contributed by atoms with van der Waals surface area (Å²) in [5, 5.41) is 6.45. The molecule has 0 aliphatic carbocycles. The molecule has 1 aromatic heterocycles. The molecule has 0 aliphatic heterocycles. The van der Waals surface area contributed by atoms with Gasteiger partial charge in [0.05, 0.1) is 6.54 Å². The molecular formula is C14H15N3O3. The van der Waals surface area contributed by atoms with E-state index in [9.17, 15) is 9.59 Å². The Morgan fingerprint density at radius 2 is 2.00 bits per heavy atom. The zero-order valence-corrected chi connectivity index (χ0v) is 11.1. The number of ether oxygens (including phenoxy) is 1. The van der Waals surface area contributed by atoms with Crippen molar-refractivity contribution in [1.82, 2.24) is 15.1 Å². The molecule has 0 fully saturated rings. The zero-order valence-electron chi connectivity index (χ0n) is 11.1. The van der Waals surface area contributed by atoms with E-state index >= 15 is 0 Å². The van der Waals surface area contributed by atoms with E-state index in [1.165, 1.54) is 23.9 Å². The van der Waals surface area contributed by atoms with Crippen molar-refractivity contribution in [3.63, 3.8) is 0 Å². The van der Waals surface area contributed by atoms with Gasteiger partial charge in [-0.05, 0) is 18.2 Å². The molecule has 0 bridgehead atoms. The fourth-order valence-corrected chi connectivity index (χ4v) is 1.62. The van der Waals surface area contributed by atoms with E-state index in [-0.39, 0.29) is 23.7 Å². The molecule has 2 aromatic rings. The second kappa shape index (κ2) is 6.51. The summed E-state index contributed by atoms with van der Waals surface area (Å²) in [6.07, 6.45) is 0. The van der Waals surface area contributed by atoms with Crippen molar-refractivity contribution in [2.75, 3.05) is 13.7 Å². The molecule has 2 rings (SSSR count). The summed E-state index contributed by atoms with van der Waals surface area (Å²) in [5.41, 5.74) is -0.0684. The van der Waals surface area contributed by atoms with Gasteiger partial charge in [0.2, 0.25) is 0 Å². The Labute approximate surface area is 116 Å². The van der Waals surface area contributed by atoms with E-state index in [1.807, 2.05) is 30.3 Å². The molecule has 0 atom stereocenters. The van der Waals surface area contributed by atoms with Crippen molar-refractivity contribution in [1.29, 1.82) is 0 Å². The summed E-state index contributed by atoms with van der Waals surface area (Å²) < 4.78 is 6.71. The van der Waals surface area contributed by atoms with Gasteiger partial charge in [0, 0.05) is 13.1 Å². The number of carbonyl (C=O) groups is 1. The first-order valence-electron chi connectivity index (χ1n) is 6.19. The van der Waals surface area contributed by atoms with Crippen LogP contribution in [-0.2, 0) is 6.54 Å². The maximum Gasteiger partial charge on any atom is 0.271 e. The van der Waals surface area contributed by atoms with Crippen LogP contribution in [-0.4, -0.2) is 29.3 Å². The minimum absolute atomic E-state index is 0.201. The molecule has 1 heterocycles. The first-order valence-corrected chi connectivity index (χ1v) is 6.19. The lowest BCUT2D eigenvalue weighted by Gasteiger charge is -2.08. The van der Waals surface area contributed by atoms with Crippen molar-refractivity contribution in [2.45, 2.75) is 6.54 Å². The second-order valence-electron chi connectivity index (χ2n) is 4.02. The number of nitrogens with one attached hydrogen (secondary N) is 1. The number of para-hydroxylation sites is 1. The SMILES string of the molecule is CNC(=O)c1ccc(=O)n(CCOc2ccccc2)n1. The smallest absolute Gasteiger partial charge is 0.271 e. The summed E-state index contributed by atoms with van der Waals surface area (Å²) >= 11 is 0. The summed E-state index contributed by atoms with van der Waals surface area (Å²) in [6, 6.07) is 12.0. The fraction of sp³-hybridized carbons (Fsp3) is 0.214. The van der Waals surface area contributed by atoms with E-state index in [2.05, 4.69) is 10.4 Å². The highest BCUT2D eigenvalue weighted by Gasteiger charge is 2.07. The number of hydrogen-bond donors (Lipinski definition) is 1. The molecule has 0 unspecified atom stereocenters. The van der Waals surface area contributed by atoms with Crippen LogP contribution in [0.15, 0.2) is 47.3 Å². The van der Waals surface area contributed by atoms with Gasteiger partial charge in [0.1, 0.15) is 18.1 Å². The summed E-state index contributed by atoms with van der Waals surface area (Å²) in [6.45, 7) is 0.576. The third-order valence-corrected chi connectivity index (χ3v) is 2.64. The van der Waals surface area contributed by atoms with Crippen LogP contribution in [0.5, 0.6) is 5.75 Å². The highest BCUT2D eigenvalue weighted by molar-refractivity contribution is 5.91. The van der Waals surface area contributed by atoms with Crippen LogP contribution in [0.3, 0.4) is 0 Å². The maximum atomic E-state index is 11.6. The molecule has 0 aliphatic rings. The normalized spacial score (nSPS) is 10.1. The van der Waals surface area contributed by atoms with Crippen LogP contribution < -0.4 is 15.6 Å². The van der Waals surface area contributed by atoms with Crippen molar-refractivity contribution < 1.29 is 9.53 Å². The van der Waals surface area contributed by atoms with Gasteiger partial charge in [0.15, 0.2) is 0 Å². The second-order valence-corrected chi connectivity index (χ2v) is 4.02. The van der Waals surface area contributed by atoms with E-state index < -0.39 is 0 Å². The highest BCUT2D eigenvalue weighted by atomic mass is 16.5. The quantitative estimate of drug-likeness (QED) is 0.869. The Balaban J connectivity index is 2.02. The number of hydrogen-bond acceptors (Lipinski definition) is 4. The van der Waals surface area contributed by atoms with Crippen LogP contribution in [0.1, 0.15) is 10.5 Å². The highest BCUT2D eigenvalue weighted by Crippen LogP contribution is 2.07. The number of nitrogens with zero attached hydrogens (tertiary/aromatic N) is 2. The topological polar surface area (TPSA) is 73.2 Å². The lowest BCUT2D eigenvalue weighted by Crippen LogP contribution is -2.29. The average Bonchev–Trinajstić information content (AvgIpc) is 2.49. The first kappa shape index (κ1) is 13.8. The predicted octanol–water partition coefficient (Wildman–Crippen LogP) is 0.682. The summed E-state index contributed by atoms with van der Waals surface area (Å²) in [4.78, 5) is 23.1. The lowest BCUT2D eigenvalue weighted by atomic mass is 10.3. The van der Waals surface area contributed by atoms with Crippen molar-refractivity contribution in [2.24, 2.45) is 0 Å². The standard InChI is InChI=1S/C14H15N3O3/c1-15-14(19)12-7-8-13(18)17(16-12)9-10-20-11-5-3-2-4-6-11/h2-8H,9-10H2,1H3,(H,15,19). The van der Waals surface area contributed by atoms with E-state index in [4.69, 9.17) is 4.74 Å². The third-order valence-electron chi connectivity index (χ3n) is 2.64. The van der Waals surface area contributed by atoms with Crippen molar-refractivity contribution >= 4 is 5.91 Å². The van der Waals surface area contributed by atoms with Crippen molar-refractivity contribution in [3.05, 3.63) is 58.5 Å². The summed E-state index contributed by atoms with van der Waals surface area (Å²) in [5.74, 6) is 0.394. The van der Waals surface area contributed by atoms with Gasteiger partial charge in [0.25, 0.3) is 11.5 Å². The minimum atomic E-state index is -0.331. The molecule has 1 amide bonds. The number of amides is 1. The lowest BCUT2D eigenvalue weighted by molar-refractivity contribution is 0.0955. The number of aromatic nitrogens is 2. The Hall–Kier alpha value is -2.63.